The van der Waals surface area contributed by atoms with Gasteiger partial charge < -0.3 is 4.57 Å². The van der Waals surface area contributed by atoms with Gasteiger partial charge in [-0.05, 0) is 36.8 Å². The van der Waals surface area contributed by atoms with E-state index in [0.29, 0.717) is 0 Å². The Kier molecular flexibility index (Phi) is 1.71. The van der Waals surface area contributed by atoms with Crippen LogP contribution in [0.25, 0.3) is 5.69 Å². The van der Waals surface area contributed by atoms with Gasteiger partial charge in [-0.3, -0.25) is 0 Å². The number of rotatable bonds is 1. The molecule has 0 saturated carbocycles. The molecule has 0 atom stereocenters. The van der Waals surface area contributed by atoms with Gasteiger partial charge in [0.15, 0.2) is 0 Å². The standard InChI is InChI=1S/C11H9N/c1-10-5-4-6-11(9-10)12-7-2-3-8-12/h1-9H. The minimum Gasteiger partial charge on any atom is -0.324 e. The largest absolute Gasteiger partial charge is 0.324 e. The molecule has 0 spiro atoms. The molecule has 2 rings (SSSR count). The minimum atomic E-state index is 0.793. The summed E-state index contributed by atoms with van der Waals surface area (Å²) in [6.45, 7) is 5.65. The zero-order valence-electron chi connectivity index (χ0n) is 6.64. The highest BCUT2D eigenvalue weighted by atomic mass is 14.9. The molecule has 0 unspecified atom stereocenters. The van der Waals surface area contributed by atoms with Gasteiger partial charge in [0.25, 0.3) is 0 Å². The molecule has 1 heterocycles. The predicted molar refractivity (Wildman–Crippen MR) is 49.2 cm³/mol. The second-order valence-corrected chi connectivity index (χ2v) is 2.69. The van der Waals surface area contributed by atoms with E-state index in [4.69, 9.17) is 6.92 Å². The highest BCUT2D eigenvalue weighted by Crippen LogP contribution is 2.09. The van der Waals surface area contributed by atoms with Crippen LogP contribution in [0.4, 0.5) is 0 Å². The Morgan fingerprint density at radius 2 is 1.75 bits per heavy atom. The van der Waals surface area contributed by atoms with Crippen molar-refractivity contribution in [2.75, 3.05) is 0 Å². The van der Waals surface area contributed by atoms with Crippen LogP contribution in [0.15, 0.2) is 48.8 Å². The van der Waals surface area contributed by atoms with Crippen LogP contribution in [-0.2, 0) is 0 Å². The zero-order valence-corrected chi connectivity index (χ0v) is 6.64. The smallest absolute Gasteiger partial charge is 0.0452 e. The Balaban J connectivity index is 2.48. The van der Waals surface area contributed by atoms with Crippen molar-refractivity contribution < 1.29 is 0 Å². The van der Waals surface area contributed by atoms with Gasteiger partial charge in [-0.25, -0.2) is 0 Å². The molecule has 12 heavy (non-hydrogen) atoms. The molecule has 0 aliphatic rings. The molecular formula is C11H9N. The molecule has 2 radical (unpaired) electrons. The van der Waals surface area contributed by atoms with E-state index in [-0.39, 0.29) is 0 Å². The summed E-state index contributed by atoms with van der Waals surface area (Å²) in [6.07, 6.45) is 3.99. The van der Waals surface area contributed by atoms with Crippen LogP contribution in [0.1, 0.15) is 5.56 Å². The first-order valence-electron chi connectivity index (χ1n) is 3.85. The maximum atomic E-state index is 5.65. The summed E-state index contributed by atoms with van der Waals surface area (Å²) < 4.78 is 2.02. The molecule has 0 amide bonds. The van der Waals surface area contributed by atoms with E-state index < -0.39 is 0 Å². The maximum absolute atomic E-state index is 5.65. The van der Waals surface area contributed by atoms with Crippen LogP contribution in [0.5, 0.6) is 0 Å². The third kappa shape index (κ3) is 1.26. The molecule has 0 fully saturated rings. The molecule has 0 saturated heterocycles. The van der Waals surface area contributed by atoms with Crippen molar-refractivity contribution in [1.82, 2.24) is 4.57 Å². The van der Waals surface area contributed by atoms with E-state index in [2.05, 4.69) is 0 Å². The van der Waals surface area contributed by atoms with Crippen LogP contribution >= 0.6 is 0 Å². The lowest BCUT2D eigenvalue weighted by atomic mass is 10.2. The highest BCUT2D eigenvalue weighted by molar-refractivity contribution is 5.37. The molecule has 2 aromatic rings. The SMILES string of the molecule is [CH]c1cccc(-n2cccc2)c1. The normalized spacial score (nSPS) is 10.1. The molecule has 1 nitrogen and oxygen atoms in total. The fourth-order valence-corrected chi connectivity index (χ4v) is 1.19. The summed E-state index contributed by atoms with van der Waals surface area (Å²) in [7, 11) is 0. The van der Waals surface area contributed by atoms with Gasteiger partial charge in [-0.1, -0.05) is 12.1 Å². The first kappa shape index (κ1) is 7.17. The lowest BCUT2D eigenvalue weighted by Crippen LogP contribution is -1.88. The third-order valence-electron chi connectivity index (χ3n) is 1.77. The van der Waals surface area contributed by atoms with Crippen LogP contribution in [0.2, 0.25) is 0 Å². The number of hydrogen-bond acceptors (Lipinski definition) is 0. The number of aromatic nitrogens is 1. The average Bonchev–Trinajstić information content (AvgIpc) is 2.56. The van der Waals surface area contributed by atoms with E-state index in [0.717, 1.165) is 11.3 Å². The van der Waals surface area contributed by atoms with Gasteiger partial charge in [0, 0.05) is 18.1 Å². The average molecular weight is 155 g/mol. The van der Waals surface area contributed by atoms with Crippen LogP contribution in [-0.4, -0.2) is 4.57 Å². The first-order valence-corrected chi connectivity index (χ1v) is 3.85. The molecule has 0 bridgehead atoms. The monoisotopic (exact) mass is 155 g/mol. The van der Waals surface area contributed by atoms with Gasteiger partial charge in [-0.2, -0.15) is 0 Å². The Morgan fingerprint density at radius 3 is 2.42 bits per heavy atom. The molecule has 1 heteroatoms. The summed E-state index contributed by atoms with van der Waals surface area (Å²) in [4.78, 5) is 0. The van der Waals surface area contributed by atoms with Gasteiger partial charge in [0.1, 0.15) is 0 Å². The molecule has 1 aromatic carbocycles. The van der Waals surface area contributed by atoms with E-state index in [1.54, 1.807) is 0 Å². The Hall–Kier alpha value is -1.50. The van der Waals surface area contributed by atoms with Crippen molar-refractivity contribution in [3.63, 3.8) is 0 Å². The topological polar surface area (TPSA) is 4.93 Å². The van der Waals surface area contributed by atoms with Crippen LogP contribution in [0.3, 0.4) is 0 Å². The van der Waals surface area contributed by atoms with Gasteiger partial charge in [0.2, 0.25) is 0 Å². The summed E-state index contributed by atoms with van der Waals surface area (Å²) >= 11 is 0. The minimum absolute atomic E-state index is 0.793. The van der Waals surface area contributed by atoms with Crippen molar-refractivity contribution in [3.05, 3.63) is 61.3 Å². The molecule has 0 N–H and O–H groups in total. The van der Waals surface area contributed by atoms with Crippen molar-refractivity contribution >= 4 is 0 Å². The second kappa shape index (κ2) is 2.86. The quantitative estimate of drug-likeness (QED) is 0.596. The van der Waals surface area contributed by atoms with Crippen molar-refractivity contribution in [1.29, 1.82) is 0 Å². The van der Waals surface area contributed by atoms with Crippen LogP contribution in [0, 0.1) is 6.92 Å². The number of hydrogen-bond donors (Lipinski definition) is 0. The fraction of sp³-hybridized carbons (Fsp3) is 0. The van der Waals surface area contributed by atoms with E-state index in [9.17, 15) is 0 Å². The Morgan fingerprint density at radius 1 is 1.00 bits per heavy atom. The van der Waals surface area contributed by atoms with E-state index in [1.165, 1.54) is 0 Å². The van der Waals surface area contributed by atoms with Crippen molar-refractivity contribution in [2.24, 2.45) is 0 Å². The van der Waals surface area contributed by atoms with Gasteiger partial charge >= 0.3 is 0 Å². The third-order valence-corrected chi connectivity index (χ3v) is 1.77. The molecule has 0 aliphatic heterocycles. The Bertz CT molecular complexity index is 360. The summed E-state index contributed by atoms with van der Waals surface area (Å²) in [5.74, 6) is 0. The van der Waals surface area contributed by atoms with E-state index >= 15 is 0 Å². The first-order chi connectivity index (χ1) is 5.86. The van der Waals surface area contributed by atoms with E-state index in [1.807, 2.05) is 53.4 Å². The van der Waals surface area contributed by atoms with Crippen molar-refractivity contribution in [3.8, 4) is 5.69 Å². The summed E-state index contributed by atoms with van der Waals surface area (Å²) in [5, 5.41) is 0. The molecule has 58 valence electrons. The van der Waals surface area contributed by atoms with Gasteiger partial charge in [-0.15, -0.1) is 0 Å². The molecule has 0 aliphatic carbocycles. The number of nitrogens with zero attached hydrogens (tertiary/aromatic N) is 1. The van der Waals surface area contributed by atoms with Crippen LogP contribution < -0.4 is 0 Å². The fourth-order valence-electron chi connectivity index (χ4n) is 1.19. The second-order valence-electron chi connectivity index (χ2n) is 2.69. The zero-order chi connectivity index (χ0) is 8.39. The lowest BCUT2D eigenvalue weighted by Gasteiger charge is -2.02. The Labute approximate surface area is 72.3 Å². The highest BCUT2D eigenvalue weighted by Gasteiger charge is 1.92. The summed E-state index contributed by atoms with van der Waals surface area (Å²) in [6, 6.07) is 11.8. The maximum Gasteiger partial charge on any atom is 0.0452 e. The molecule has 1 aromatic heterocycles. The predicted octanol–water partition coefficient (Wildman–Crippen LogP) is 2.54. The molecular weight excluding hydrogens is 146 g/mol. The lowest BCUT2D eigenvalue weighted by molar-refractivity contribution is 1.08. The summed E-state index contributed by atoms with van der Waals surface area (Å²) in [5.41, 5.74) is 1.89. The van der Waals surface area contributed by atoms with Gasteiger partial charge in [0.05, 0.1) is 0 Å². The van der Waals surface area contributed by atoms with Crippen molar-refractivity contribution in [2.45, 2.75) is 0 Å². The number of benzene rings is 1.